The number of rotatable bonds is 3. The molecule has 4 rings (SSSR count). The molecule has 0 atom stereocenters. The number of likely N-dealkylation sites (tertiary alicyclic amines) is 1. The Balaban J connectivity index is 1.41. The lowest BCUT2D eigenvalue weighted by atomic mass is 9.76. The average molecular weight is 318 g/mol. The van der Waals surface area contributed by atoms with Crippen molar-refractivity contribution in [1.29, 1.82) is 0 Å². The van der Waals surface area contributed by atoms with Crippen molar-refractivity contribution in [2.24, 2.45) is 0 Å². The predicted octanol–water partition coefficient (Wildman–Crippen LogP) is 2.99. The number of hydrogen-bond donors (Lipinski definition) is 0. The molecule has 4 heterocycles. The summed E-state index contributed by atoms with van der Waals surface area (Å²) in [6, 6.07) is 0. The topological polar surface area (TPSA) is 45.4 Å². The third-order valence-electron chi connectivity index (χ3n) is 5.37. The summed E-state index contributed by atoms with van der Waals surface area (Å²) >= 11 is 1.76. The van der Waals surface area contributed by atoms with Gasteiger partial charge in [0.25, 0.3) is 0 Å². The van der Waals surface area contributed by atoms with Gasteiger partial charge in [0, 0.05) is 48.9 Å². The molecule has 2 fully saturated rings. The first-order chi connectivity index (χ1) is 10.7. The van der Waals surface area contributed by atoms with E-state index in [1.54, 1.807) is 11.3 Å². The molecule has 1 spiro atoms. The summed E-state index contributed by atoms with van der Waals surface area (Å²) in [5.74, 6) is 0.964. The van der Waals surface area contributed by atoms with Gasteiger partial charge in [-0.25, -0.2) is 4.98 Å². The normalized spacial score (nSPS) is 21.3. The third kappa shape index (κ3) is 2.25. The number of piperidine rings is 1. The van der Waals surface area contributed by atoms with Gasteiger partial charge in [0.15, 0.2) is 5.13 Å². The summed E-state index contributed by atoms with van der Waals surface area (Å²) < 4.78 is 5.28. The molecule has 6 heteroatoms. The zero-order chi connectivity index (χ0) is 15.2. The Kier molecular flexibility index (Phi) is 3.46. The van der Waals surface area contributed by atoms with Crippen LogP contribution in [0.25, 0.3) is 0 Å². The van der Waals surface area contributed by atoms with Gasteiger partial charge < -0.3 is 9.42 Å². The summed E-state index contributed by atoms with van der Waals surface area (Å²) in [4.78, 5) is 9.57. The first-order valence-corrected chi connectivity index (χ1v) is 8.87. The van der Waals surface area contributed by atoms with E-state index in [2.05, 4.69) is 25.3 Å². The number of nitrogens with zero attached hydrogens (tertiary/aromatic N) is 4. The van der Waals surface area contributed by atoms with Crippen LogP contribution in [0.1, 0.15) is 36.3 Å². The van der Waals surface area contributed by atoms with Crippen LogP contribution >= 0.6 is 11.3 Å². The van der Waals surface area contributed by atoms with E-state index in [9.17, 15) is 0 Å². The summed E-state index contributed by atoms with van der Waals surface area (Å²) in [5, 5.41) is 7.34. The Morgan fingerprint density at radius 2 is 2.00 bits per heavy atom. The van der Waals surface area contributed by atoms with E-state index < -0.39 is 0 Å². The molecule has 0 N–H and O–H groups in total. The number of hydrogen-bond acceptors (Lipinski definition) is 6. The Morgan fingerprint density at radius 1 is 1.23 bits per heavy atom. The lowest BCUT2D eigenvalue weighted by Crippen LogP contribution is -2.64. The van der Waals surface area contributed by atoms with Gasteiger partial charge in [0.05, 0.1) is 5.69 Å². The highest BCUT2D eigenvalue weighted by molar-refractivity contribution is 7.13. The highest BCUT2D eigenvalue weighted by Crippen LogP contribution is 2.43. The lowest BCUT2D eigenvalue weighted by Gasteiger charge is -2.56. The minimum atomic E-state index is 0.368. The van der Waals surface area contributed by atoms with Crippen LogP contribution in [0.3, 0.4) is 0 Å². The van der Waals surface area contributed by atoms with Crippen molar-refractivity contribution in [3.05, 3.63) is 28.6 Å². The van der Waals surface area contributed by atoms with Gasteiger partial charge in [-0.05, 0) is 33.1 Å². The second-order valence-corrected chi connectivity index (χ2v) is 7.39. The van der Waals surface area contributed by atoms with E-state index in [-0.39, 0.29) is 0 Å². The Hall–Kier alpha value is -1.40. The lowest BCUT2D eigenvalue weighted by molar-refractivity contribution is 0.111. The van der Waals surface area contributed by atoms with Gasteiger partial charge in [-0.15, -0.1) is 11.3 Å². The van der Waals surface area contributed by atoms with Crippen LogP contribution in [-0.4, -0.2) is 40.2 Å². The molecule has 0 aliphatic carbocycles. The number of aromatic nitrogens is 2. The van der Waals surface area contributed by atoms with Gasteiger partial charge in [-0.2, -0.15) is 0 Å². The smallest absolute Gasteiger partial charge is 0.185 e. The molecular weight excluding hydrogens is 296 g/mol. The van der Waals surface area contributed by atoms with E-state index >= 15 is 0 Å². The zero-order valence-electron chi connectivity index (χ0n) is 13.2. The summed E-state index contributed by atoms with van der Waals surface area (Å²) in [5.41, 5.74) is 2.67. The molecule has 118 valence electrons. The molecule has 0 saturated carbocycles. The standard InChI is InChI=1S/C16H22N4OS/c1-12-14(13(2)21-18-12)11-19-7-3-16(4-8-19)5-9-20(16)15-17-6-10-22-15/h6,10H,3-5,7-9,11H2,1-2H3. The summed E-state index contributed by atoms with van der Waals surface area (Å²) in [6.45, 7) is 8.47. The van der Waals surface area contributed by atoms with Crippen LogP contribution in [0.15, 0.2) is 16.1 Å². The van der Waals surface area contributed by atoms with Crippen molar-refractivity contribution in [1.82, 2.24) is 15.0 Å². The van der Waals surface area contributed by atoms with E-state index in [1.165, 1.54) is 30.0 Å². The third-order valence-corrected chi connectivity index (χ3v) is 6.17. The molecule has 22 heavy (non-hydrogen) atoms. The largest absolute Gasteiger partial charge is 0.361 e. The fraction of sp³-hybridized carbons (Fsp3) is 0.625. The molecule has 2 aliphatic rings. The Morgan fingerprint density at radius 3 is 2.55 bits per heavy atom. The molecule has 0 amide bonds. The van der Waals surface area contributed by atoms with Crippen LogP contribution in [0, 0.1) is 13.8 Å². The van der Waals surface area contributed by atoms with Gasteiger partial charge in [-0.1, -0.05) is 5.16 Å². The van der Waals surface area contributed by atoms with E-state index in [0.717, 1.165) is 37.6 Å². The van der Waals surface area contributed by atoms with Crippen LogP contribution in [-0.2, 0) is 6.54 Å². The van der Waals surface area contributed by atoms with Crippen LogP contribution in [0.4, 0.5) is 5.13 Å². The fourth-order valence-corrected chi connectivity index (χ4v) is 4.56. The quantitative estimate of drug-likeness (QED) is 0.870. The first-order valence-electron chi connectivity index (χ1n) is 7.99. The van der Waals surface area contributed by atoms with Gasteiger partial charge in [0.1, 0.15) is 5.76 Å². The SMILES string of the molecule is Cc1noc(C)c1CN1CCC2(CC1)CCN2c1nccs1. The minimum Gasteiger partial charge on any atom is -0.361 e. The van der Waals surface area contributed by atoms with Crippen LogP contribution < -0.4 is 4.90 Å². The van der Waals surface area contributed by atoms with Crippen molar-refractivity contribution in [3.8, 4) is 0 Å². The zero-order valence-corrected chi connectivity index (χ0v) is 14.0. The second-order valence-electron chi connectivity index (χ2n) is 6.52. The van der Waals surface area contributed by atoms with Gasteiger partial charge >= 0.3 is 0 Å². The maximum atomic E-state index is 5.28. The maximum absolute atomic E-state index is 5.28. The summed E-state index contributed by atoms with van der Waals surface area (Å²) in [6.07, 6.45) is 5.69. The molecular formula is C16H22N4OS. The number of anilines is 1. The summed E-state index contributed by atoms with van der Waals surface area (Å²) in [7, 11) is 0. The van der Waals surface area contributed by atoms with E-state index in [4.69, 9.17) is 4.52 Å². The van der Waals surface area contributed by atoms with E-state index in [1.807, 2.05) is 20.0 Å². The molecule has 0 unspecified atom stereocenters. The molecule has 2 aromatic heterocycles. The molecule has 2 aliphatic heterocycles. The van der Waals surface area contributed by atoms with Crippen LogP contribution in [0.2, 0.25) is 0 Å². The first kappa shape index (κ1) is 14.2. The fourth-order valence-electron chi connectivity index (χ4n) is 3.79. The molecule has 0 bridgehead atoms. The van der Waals surface area contributed by atoms with Crippen molar-refractivity contribution in [2.45, 2.75) is 45.2 Å². The molecule has 2 saturated heterocycles. The van der Waals surface area contributed by atoms with Gasteiger partial charge in [-0.3, -0.25) is 4.90 Å². The van der Waals surface area contributed by atoms with Crippen LogP contribution in [0.5, 0.6) is 0 Å². The second kappa shape index (κ2) is 5.35. The van der Waals surface area contributed by atoms with Gasteiger partial charge in [0.2, 0.25) is 0 Å². The van der Waals surface area contributed by atoms with Crippen molar-refractivity contribution >= 4 is 16.5 Å². The highest BCUT2D eigenvalue weighted by Gasteiger charge is 2.47. The minimum absolute atomic E-state index is 0.368. The van der Waals surface area contributed by atoms with Crippen molar-refractivity contribution < 1.29 is 4.52 Å². The van der Waals surface area contributed by atoms with Crippen molar-refractivity contribution in [3.63, 3.8) is 0 Å². The maximum Gasteiger partial charge on any atom is 0.185 e. The Labute approximate surface area is 134 Å². The average Bonchev–Trinajstić information content (AvgIpc) is 3.12. The number of aryl methyl sites for hydroxylation is 2. The van der Waals surface area contributed by atoms with E-state index in [0.29, 0.717) is 5.54 Å². The van der Waals surface area contributed by atoms with Crippen molar-refractivity contribution in [2.75, 3.05) is 24.5 Å². The Bertz CT molecular complexity index is 624. The predicted molar refractivity (Wildman–Crippen MR) is 87.3 cm³/mol. The molecule has 0 aromatic carbocycles. The molecule has 2 aromatic rings. The molecule has 5 nitrogen and oxygen atoms in total. The monoisotopic (exact) mass is 318 g/mol. The number of thiazole rings is 1. The molecule has 0 radical (unpaired) electrons. The highest BCUT2D eigenvalue weighted by atomic mass is 32.1.